The number of H-pyrrole nitrogens is 1. The van der Waals surface area contributed by atoms with Gasteiger partial charge in [-0.3, -0.25) is 20.0 Å². The van der Waals surface area contributed by atoms with E-state index in [2.05, 4.69) is 41.5 Å². The summed E-state index contributed by atoms with van der Waals surface area (Å²) in [4.78, 5) is 23.4. The van der Waals surface area contributed by atoms with Crippen molar-refractivity contribution >= 4 is 29.0 Å². The quantitative estimate of drug-likeness (QED) is 0.794. The second-order valence-corrected chi connectivity index (χ2v) is 5.36. The number of benzene rings is 1. The molecule has 0 aliphatic rings. The summed E-state index contributed by atoms with van der Waals surface area (Å²) in [5.74, 6) is 0.976. The van der Waals surface area contributed by atoms with Gasteiger partial charge in [-0.25, -0.2) is 0 Å². The first-order valence-corrected chi connectivity index (χ1v) is 6.95. The summed E-state index contributed by atoms with van der Waals surface area (Å²) < 4.78 is 0. The minimum atomic E-state index is -0.293. The molecule has 112 valence electrons. The Kier molecular flexibility index (Phi) is 4.57. The molecule has 6 heteroatoms. The molecule has 2 rings (SSSR count). The highest BCUT2D eigenvalue weighted by molar-refractivity contribution is 5.91. The molecule has 1 heterocycles. The van der Waals surface area contributed by atoms with Crippen molar-refractivity contribution in [2.75, 3.05) is 18.5 Å². The average molecular weight is 288 g/mol. The van der Waals surface area contributed by atoms with Gasteiger partial charge in [-0.05, 0) is 23.6 Å². The first-order valence-electron chi connectivity index (χ1n) is 6.95. The van der Waals surface area contributed by atoms with Gasteiger partial charge in [0.05, 0.1) is 5.52 Å². The number of hydrogen-bond donors (Lipinski definition) is 2. The maximum atomic E-state index is 11.3. The lowest BCUT2D eigenvalue weighted by molar-refractivity contribution is -0.125. The highest BCUT2D eigenvalue weighted by Crippen LogP contribution is 2.26. The Hall–Kier alpha value is -2.37. The molecule has 0 saturated carbocycles. The molecule has 0 spiro atoms. The van der Waals surface area contributed by atoms with E-state index in [0.29, 0.717) is 18.9 Å². The summed E-state index contributed by atoms with van der Waals surface area (Å²) in [6, 6.07) is 6.24. The van der Waals surface area contributed by atoms with Crippen molar-refractivity contribution in [3.8, 4) is 0 Å². The van der Waals surface area contributed by atoms with Crippen molar-refractivity contribution in [3.05, 3.63) is 23.8 Å². The fourth-order valence-electron chi connectivity index (χ4n) is 2.19. The second-order valence-electron chi connectivity index (χ2n) is 5.36. The predicted molar refractivity (Wildman–Crippen MR) is 82.3 cm³/mol. The van der Waals surface area contributed by atoms with Gasteiger partial charge in [0.25, 0.3) is 0 Å². The van der Waals surface area contributed by atoms with Crippen LogP contribution in [0.4, 0.5) is 5.82 Å². The van der Waals surface area contributed by atoms with Crippen LogP contribution in [0.1, 0.15) is 31.7 Å². The number of hydrogen-bond acceptors (Lipinski definition) is 4. The zero-order chi connectivity index (χ0) is 15.4. The lowest BCUT2D eigenvalue weighted by Gasteiger charge is -2.16. The maximum absolute atomic E-state index is 11.3. The Morgan fingerprint density at radius 3 is 2.90 bits per heavy atom. The number of aromatic amines is 1. The monoisotopic (exact) mass is 288 g/mol. The van der Waals surface area contributed by atoms with Crippen LogP contribution in [-0.2, 0) is 9.59 Å². The molecule has 2 N–H and O–H groups in total. The number of carbonyl (C=O) groups excluding carboxylic acids is 2. The first kappa shape index (κ1) is 15.0. The molecule has 21 heavy (non-hydrogen) atoms. The van der Waals surface area contributed by atoms with E-state index >= 15 is 0 Å². The number of rotatable bonds is 6. The van der Waals surface area contributed by atoms with Crippen molar-refractivity contribution < 1.29 is 9.59 Å². The van der Waals surface area contributed by atoms with Gasteiger partial charge >= 0.3 is 0 Å². The van der Waals surface area contributed by atoms with Crippen LogP contribution in [0.5, 0.6) is 0 Å². The third-order valence-corrected chi connectivity index (χ3v) is 3.49. The van der Waals surface area contributed by atoms with Crippen molar-refractivity contribution in [1.82, 2.24) is 15.5 Å². The summed E-state index contributed by atoms with van der Waals surface area (Å²) in [6.45, 7) is 4.79. The number of anilines is 1. The van der Waals surface area contributed by atoms with E-state index in [9.17, 15) is 9.59 Å². The molecule has 1 aromatic carbocycles. The number of nitrogens with zero attached hydrogens (tertiary/aromatic N) is 2. The normalized spacial score (nSPS) is 10.9. The summed E-state index contributed by atoms with van der Waals surface area (Å²) >= 11 is 0. The van der Waals surface area contributed by atoms with E-state index in [1.165, 1.54) is 5.56 Å². The molecule has 0 aliphatic carbocycles. The third kappa shape index (κ3) is 3.39. The van der Waals surface area contributed by atoms with Gasteiger partial charge in [0.2, 0.25) is 12.3 Å². The summed E-state index contributed by atoms with van der Waals surface area (Å²) in [5, 5.41) is 10.5. The van der Waals surface area contributed by atoms with E-state index in [1.807, 2.05) is 18.0 Å². The molecule has 1 aromatic heterocycles. The predicted octanol–water partition coefficient (Wildman–Crippen LogP) is 1.79. The van der Waals surface area contributed by atoms with E-state index in [4.69, 9.17) is 0 Å². The van der Waals surface area contributed by atoms with Crippen LogP contribution in [0.15, 0.2) is 18.2 Å². The van der Waals surface area contributed by atoms with Crippen molar-refractivity contribution in [2.24, 2.45) is 0 Å². The standard InChI is InChI=1S/C15H20N4O2/c1-10(2)11-4-5-12-13(8-11)17-18-15(12)19(3)7-6-14(21)16-9-20/h4-5,8-10H,6-7H2,1-3H3,(H,17,18)(H,16,20,21). The van der Waals surface area contributed by atoms with Crippen LogP contribution in [0, 0.1) is 0 Å². The molecule has 2 aromatic rings. The number of amides is 2. The van der Waals surface area contributed by atoms with E-state index in [1.54, 1.807) is 0 Å². The molecule has 0 radical (unpaired) electrons. The number of fused-ring (bicyclic) bond motifs is 1. The second kappa shape index (κ2) is 6.39. The lowest BCUT2D eigenvalue weighted by Crippen LogP contribution is -2.28. The van der Waals surface area contributed by atoms with Gasteiger partial charge in [0.15, 0.2) is 5.82 Å². The molecule has 0 unspecified atom stereocenters. The molecule has 0 bridgehead atoms. The average Bonchev–Trinajstić information content (AvgIpc) is 2.88. The van der Waals surface area contributed by atoms with Gasteiger partial charge in [0, 0.05) is 25.4 Å². The van der Waals surface area contributed by atoms with E-state index in [0.717, 1.165) is 16.7 Å². The lowest BCUT2D eigenvalue weighted by atomic mass is 10.0. The van der Waals surface area contributed by atoms with Crippen LogP contribution in [-0.4, -0.2) is 36.1 Å². The third-order valence-electron chi connectivity index (χ3n) is 3.49. The zero-order valence-electron chi connectivity index (χ0n) is 12.5. The molecular formula is C15H20N4O2. The highest BCUT2D eigenvalue weighted by Gasteiger charge is 2.12. The Morgan fingerprint density at radius 1 is 1.48 bits per heavy atom. The summed E-state index contributed by atoms with van der Waals surface area (Å²) in [7, 11) is 1.88. The summed E-state index contributed by atoms with van der Waals surface area (Å²) in [6.07, 6.45) is 0.646. The molecule has 0 aliphatic heterocycles. The fraction of sp³-hybridized carbons (Fsp3) is 0.400. The van der Waals surface area contributed by atoms with E-state index in [-0.39, 0.29) is 12.3 Å². The number of nitrogens with one attached hydrogen (secondary N) is 2. The molecule has 0 atom stereocenters. The number of imide groups is 1. The van der Waals surface area contributed by atoms with Crippen LogP contribution in [0.3, 0.4) is 0 Å². The topological polar surface area (TPSA) is 78.1 Å². The first-order chi connectivity index (χ1) is 10.0. The van der Waals surface area contributed by atoms with Gasteiger partial charge in [-0.2, -0.15) is 5.10 Å². The Balaban J connectivity index is 2.14. The van der Waals surface area contributed by atoms with Gasteiger partial charge < -0.3 is 4.90 Å². The summed E-state index contributed by atoms with van der Waals surface area (Å²) in [5.41, 5.74) is 2.24. The minimum Gasteiger partial charge on any atom is -0.357 e. The van der Waals surface area contributed by atoms with Crippen LogP contribution in [0.25, 0.3) is 10.9 Å². The molecule has 0 fully saturated rings. The zero-order valence-corrected chi connectivity index (χ0v) is 12.5. The fourth-order valence-corrected chi connectivity index (χ4v) is 2.19. The van der Waals surface area contributed by atoms with Gasteiger partial charge in [-0.15, -0.1) is 0 Å². The van der Waals surface area contributed by atoms with Crippen molar-refractivity contribution in [2.45, 2.75) is 26.2 Å². The van der Waals surface area contributed by atoms with Crippen molar-refractivity contribution in [3.63, 3.8) is 0 Å². The molecule has 2 amide bonds. The molecule has 0 saturated heterocycles. The van der Waals surface area contributed by atoms with Crippen molar-refractivity contribution in [1.29, 1.82) is 0 Å². The molecule has 6 nitrogen and oxygen atoms in total. The number of carbonyl (C=O) groups is 2. The SMILES string of the molecule is CC(C)c1ccc2c(N(C)CCC(=O)NC=O)n[nH]c2c1. The van der Waals surface area contributed by atoms with Crippen LogP contribution in [0.2, 0.25) is 0 Å². The smallest absolute Gasteiger partial charge is 0.228 e. The van der Waals surface area contributed by atoms with Crippen LogP contribution < -0.4 is 10.2 Å². The Morgan fingerprint density at radius 2 is 2.24 bits per heavy atom. The molecular weight excluding hydrogens is 268 g/mol. The van der Waals surface area contributed by atoms with Crippen LogP contribution >= 0.6 is 0 Å². The Bertz CT molecular complexity index is 648. The van der Waals surface area contributed by atoms with Gasteiger partial charge in [-0.1, -0.05) is 19.9 Å². The number of aromatic nitrogens is 2. The van der Waals surface area contributed by atoms with Gasteiger partial charge in [0.1, 0.15) is 0 Å². The van der Waals surface area contributed by atoms with E-state index < -0.39 is 0 Å². The maximum Gasteiger partial charge on any atom is 0.228 e. The highest BCUT2D eigenvalue weighted by atomic mass is 16.2. The largest absolute Gasteiger partial charge is 0.357 e. The minimum absolute atomic E-state index is 0.244. The Labute approximate surface area is 123 Å².